The Labute approximate surface area is 146 Å². The van der Waals surface area contributed by atoms with Gasteiger partial charge in [-0.2, -0.15) is 0 Å². The minimum absolute atomic E-state index is 0.295. The van der Waals surface area contributed by atoms with Gasteiger partial charge in [-0.3, -0.25) is 5.32 Å². The standard InChI is InChI=1S/C18H23N5O2/c24-15-10-12-6-4-5-9-14(12)16(15)20-18(25)21-17-19-11-23(22-17)13-7-2-1-3-8-13/h4-6,9,11,13,15-16,24H,1-3,7-8,10H2,(H2,20,21,22,25)/t15-,16+/m0/s1. The fourth-order valence-electron chi connectivity index (χ4n) is 3.88. The minimum atomic E-state index is -0.615. The summed E-state index contributed by atoms with van der Waals surface area (Å²) >= 11 is 0. The Morgan fingerprint density at radius 2 is 2.00 bits per heavy atom. The third-order valence-corrected chi connectivity index (χ3v) is 5.17. The number of aliphatic hydroxyl groups excluding tert-OH is 1. The number of amides is 2. The van der Waals surface area contributed by atoms with Crippen LogP contribution in [0.2, 0.25) is 0 Å². The van der Waals surface area contributed by atoms with Crippen molar-refractivity contribution in [2.24, 2.45) is 0 Å². The highest BCUT2D eigenvalue weighted by molar-refractivity contribution is 5.87. The van der Waals surface area contributed by atoms with Crippen molar-refractivity contribution in [2.75, 3.05) is 5.32 Å². The number of fused-ring (bicyclic) bond motifs is 1. The highest BCUT2D eigenvalue weighted by Crippen LogP contribution is 2.31. The average molecular weight is 341 g/mol. The number of carbonyl (C=O) groups excluding carboxylic acids is 1. The van der Waals surface area contributed by atoms with Gasteiger partial charge in [-0.15, -0.1) is 5.10 Å². The van der Waals surface area contributed by atoms with E-state index in [2.05, 4.69) is 20.7 Å². The summed E-state index contributed by atoms with van der Waals surface area (Å²) in [6, 6.07) is 7.34. The largest absolute Gasteiger partial charge is 0.390 e. The summed E-state index contributed by atoms with van der Waals surface area (Å²) in [5.41, 5.74) is 2.03. The lowest BCUT2D eigenvalue weighted by molar-refractivity contribution is 0.144. The number of anilines is 1. The van der Waals surface area contributed by atoms with Crippen molar-refractivity contribution in [3.8, 4) is 0 Å². The molecule has 0 saturated heterocycles. The van der Waals surface area contributed by atoms with E-state index < -0.39 is 18.2 Å². The van der Waals surface area contributed by atoms with Crippen molar-refractivity contribution >= 4 is 12.0 Å². The molecular weight excluding hydrogens is 318 g/mol. The van der Waals surface area contributed by atoms with Crippen molar-refractivity contribution in [3.05, 3.63) is 41.7 Å². The normalized spacial score (nSPS) is 23.2. The Kier molecular flexibility index (Phi) is 4.40. The number of hydrogen-bond acceptors (Lipinski definition) is 4. The molecule has 0 bridgehead atoms. The van der Waals surface area contributed by atoms with Crippen LogP contribution in [0.1, 0.15) is 55.3 Å². The number of nitrogens with one attached hydrogen (secondary N) is 2. The SMILES string of the molecule is O=C(Nc1ncn(C2CCCCC2)n1)N[C@@H]1c2ccccc2C[C@@H]1O. The summed E-state index contributed by atoms with van der Waals surface area (Å²) in [7, 11) is 0. The summed E-state index contributed by atoms with van der Waals surface area (Å²) in [6.45, 7) is 0. The lowest BCUT2D eigenvalue weighted by Gasteiger charge is -2.21. The lowest BCUT2D eigenvalue weighted by atomic mass is 9.96. The fraction of sp³-hybridized carbons (Fsp3) is 0.500. The van der Waals surface area contributed by atoms with Crippen LogP contribution in [0.25, 0.3) is 0 Å². The van der Waals surface area contributed by atoms with E-state index in [4.69, 9.17) is 0 Å². The molecule has 25 heavy (non-hydrogen) atoms. The number of aliphatic hydroxyl groups is 1. The molecule has 2 aromatic rings. The van der Waals surface area contributed by atoms with Gasteiger partial charge in [0, 0.05) is 6.42 Å². The van der Waals surface area contributed by atoms with E-state index in [1.807, 2.05) is 28.9 Å². The van der Waals surface area contributed by atoms with E-state index >= 15 is 0 Å². The molecule has 2 aliphatic carbocycles. The molecule has 3 N–H and O–H groups in total. The van der Waals surface area contributed by atoms with Gasteiger partial charge in [-0.05, 0) is 24.0 Å². The molecule has 1 heterocycles. The van der Waals surface area contributed by atoms with Crippen molar-refractivity contribution in [1.82, 2.24) is 20.1 Å². The summed E-state index contributed by atoms with van der Waals surface area (Å²) < 4.78 is 1.86. The molecule has 0 radical (unpaired) electrons. The number of rotatable bonds is 3. The van der Waals surface area contributed by atoms with Gasteiger partial charge in [0.25, 0.3) is 0 Å². The topological polar surface area (TPSA) is 92.1 Å². The third-order valence-electron chi connectivity index (χ3n) is 5.17. The lowest BCUT2D eigenvalue weighted by Crippen LogP contribution is -2.37. The number of aromatic nitrogens is 3. The van der Waals surface area contributed by atoms with Crippen molar-refractivity contribution in [3.63, 3.8) is 0 Å². The highest BCUT2D eigenvalue weighted by atomic mass is 16.3. The zero-order valence-corrected chi connectivity index (χ0v) is 14.1. The quantitative estimate of drug-likeness (QED) is 0.800. The predicted octanol–water partition coefficient (Wildman–Crippen LogP) is 2.56. The smallest absolute Gasteiger partial charge is 0.322 e. The third kappa shape index (κ3) is 3.37. The molecule has 1 aromatic carbocycles. The summed E-state index contributed by atoms with van der Waals surface area (Å²) in [4.78, 5) is 16.5. The number of urea groups is 1. The molecule has 2 aliphatic rings. The molecule has 0 spiro atoms. The van der Waals surface area contributed by atoms with Crippen molar-refractivity contribution in [2.45, 2.75) is 56.7 Å². The van der Waals surface area contributed by atoms with Gasteiger partial charge in [0.1, 0.15) is 6.33 Å². The number of nitrogens with zero attached hydrogens (tertiary/aromatic N) is 3. The Bertz CT molecular complexity index is 753. The zero-order valence-electron chi connectivity index (χ0n) is 14.1. The first-order chi connectivity index (χ1) is 12.2. The first kappa shape index (κ1) is 16.1. The maximum absolute atomic E-state index is 12.3. The summed E-state index contributed by atoms with van der Waals surface area (Å²) in [5, 5.41) is 20.1. The van der Waals surface area contributed by atoms with Crippen LogP contribution < -0.4 is 10.6 Å². The molecule has 1 fully saturated rings. The molecule has 0 unspecified atom stereocenters. The molecule has 132 valence electrons. The summed E-state index contributed by atoms with van der Waals surface area (Å²) in [5.74, 6) is 0.295. The van der Waals surface area contributed by atoms with E-state index in [-0.39, 0.29) is 0 Å². The van der Waals surface area contributed by atoms with Crippen LogP contribution in [0.4, 0.5) is 10.7 Å². The first-order valence-electron chi connectivity index (χ1n) is 8.95. The van der Waals surface area contributed by atoms with Gasteiger partial charge < -0.3 is 10.4 Å². The highest BCUT2D eigenvalue weighted by Gasteiger charge is 2.32. The van der Waals surface area contributed by atoms with E-state index in [1.54, 1.807) is 6.33 Å². The van der Waals surface area contributed by atoms with E-state index in [0.29, 0.717) is 18.4 Å². The molecule has 2 amide bonds. The molecule has 7 nitrogen and oxygen atoms in total. The van der Waals surface area contributed by atoms with Crippen molar-refractivity contribution < 1.29 is 9.90 Å². The Balaban J connectivity index is 1.39. The van der Waals surface area contributed by atoms with Gasteiger partial charge in [0.15, 0.2) is 0 Å². The molecule has 4 rings (SSSR count). The number of hydrogen-bond donors (Lipinski definition) is 3. The van der Waals surface area contributed by atoms with Crippen LogP contribution >= 0.6 is 0 Å². The van der Waals surface area contributed by atoms with Crippen LogP contribution in [0.5, 0.6) is 0 Å². The van der Waals surface area contributed by atoms with E-state index in [9.17, 15) is 9.90 Å². The Morgan fingerprint density at radius 3 is 2.84 bits per heavy atom. The molecule has 1 aromatic heterocycles. The van der Waals surface area contributed by atoms with Gasteiger partial charge in [0.2, 0.25) is 5.95 Å². The molecule has 2 atom stereocenters. The van der Waals surface area contributed by atoms with Crippen LogP contribution in [0, 0.1) is 0 Å². The minimum Gasteiger partial charge on any atom is -0.390 e. The van der Waals surface area contributed by atoms with Crippen LogP contribution in [-0.2, 0) is 6.42 Å². The van der Waals surface area contributed by atoms with Crippen molar-refractivity contribution in [1.29, 1.82) is 0 Å². The van der Waals surface area contributed by atoms with Gasteiger partial charge in [-0.25, -0.2) is 14.5 Å². The predicted molar refractivity (Wildman–Crippen MR) is 93.2 cm³/mol. The van der Waals surface area contributed by atoms with Crippen LogP contribution in [-0.4, -0.2) is 32.0 Å². The van der Waals surface area contributed by atoms with Crippen LogP contribution in [0.15, 0.2) is 30.6 Å². The Morgan fingerprint density at radius 1 is 1.20 bits per heavy atom. The van der Waals surface area contributed by atoms with E-state index in [1.165, 1.54) is 19.3 Å². The second-order valence-electron chi connectivity index (χ2n) is 6.89. The number of benzene rings is 1. The second-order valence-corrected chi connectivity index (χ2v) is 6.89. The average Bonchev–Trinajstić information content (AvgIpc) is 3.21. The maximum Gasteiger partial charge on any atom is 0.322 e. The van der Waals surface area contributed by atoms with Crippen LogP contribution in [0.3, 0.4) is 0 Å². The van der Waals surface area contributed by atoms with Gasteiger partial charge in [-0.1, -0.05) is 43.5 Å². The maximum atomic E-state index is 12.3. The second kappa shape index (κ2) is 6.84. The number of carbonyl (C=O) groups is 1. The molecule has 0 aliphatic heterocycles. The monoisotopic (exact) mass is 341 g/mol. The molecule has 7 heteroatoms. The van der Waals surface area contributed by atoms with Gasteiger partial charge >= 0.3 is 6.03 Å². The van der Waals surface area contributed by atoms with Gasteiger partial charge in [0.05, 0.1) is 18.2 Å². The zero-order chi connectivity index (χ0) is 17.2. The Hall–Kier alpha value is -2.41. The molecule has 1 saturated carbocycles. The molecular formula is C18H23N5O2. The van der Waals surface area contributed by atoms with E-state index in [0.717, 1.165) is 24.0 Å². The fourth-order valence-corrected chi connectivity index (χ4v) is 3.88. The summed E-state index contributed by atoms with van der Waals surface area (Å²) in [6.07, 6.45) is 7.56. The first-order valence-corrected chi connectivity index (χ1v) is 8.95.